The first-order valence-electron chi connectivity index (χ1n) is 6.77. The first kappa shape index (κ1) is 13.9. The number of aryl methyl sites for hydroxylation is 1. The van der Waals surface area contributed by atoms with Gasteiger partial charge in [0.2, 0.25) is 0 Å². The number of nitrogens with two attached hydrogens (primary N) is 2. The molecule has 0 atom stereocenters. The number of carbonyl (C=O) groups excluding carboxylic acids is 1. The summed E-state index contributed by atoms with van der Waals surface area (Å²) in [5.41, 5.74) is 15.9. The molecule has 0 unspecified atom stereocenters. The lowest BCUT2D eigenvalue weighted by Gasteiger charge is -2.17. The summed E-state index contributed by atoms with van der Waals surface area (Å²) in [6, 6.07) is 5.25. The van der Waals surface area contributed by atoms with Crippen LogP contribution in [0.25, 0.3) is 16.6 Å². The van der Waals surface area contributed by atoms with Crippen LogP contribution >= 0.6 is 0 Å². The highest BCUT2D eigenvalue weighted by atomic mass is 16.3. The van der Waals surface area contributed by atoms with E-state index in [4.69, 9.17) is 11.5 Å². The molecule has 1 amide bonds. The van der Waals surface area contributed by atoms with E-state index >= 15 is 0 Å². The summed E-state index contributed by atoms with van der Waals surface area (Å²) < 4.78 is 1.56. The van der Waals surface area contributed by atoms with Gasteiger partial charge in [-0.05, 0) is 42.7 Å². The van der Waals surface area contributed by atoms with Gasteiger partial charge in [-0.25, -0.2) is 4.52 Å². The largest absolute Gasteiger partial charge is 0.508 e. The van der Waals surface area contributed by atoms with Crippen molar-refractivity contribution in [3.05, 3.63) is 47.3 Å². The van der Waals surface area contributed by atoms with Crippen LogP contribution in [0.1, 0.15) is 21.5 Å². The quantitative estimate of drug-likeness (QED) is 0.672. The molecule has 1 aromatic carbocycles. The maximum atomic E-state index is 11.7. The summed E-state index contributed by atoms with van der Waals surface area (Å²) in [6.07, 6.45) is 3.14. The lowest BCUT2D eigenvalue weighted by molar-refractivity contribution is 0.100. The van der Waals surface area contributed by atoms with Gasteiger partial charge in [0.05, 0.1) is 23.0 Å². The van der Waals surface area contributed by atoms with Crippen molar-refractivity contribution in [3.8, 4) is 16.9 Å². The molecule has 0 saturated carbocycles. The zero-order valence-corrected chi connectivity index (χ0v) is 12.3. The predicted molar refractivity (Wildman–Crippen MR) is 84.7 cm³/mol. The Kier molecular flexibility index (Phi) is 3.02. The van der Waals surface area contributed by atoms with Gasteiger partial charge in [-0.15, -0.1) is 0 Å². The number of aromatic hydroxyl groups is 1. The monoisotopic (exact) mass is 296 g/mol. The Morgan fingerprint density at radius 2 is 1.95 bits per heavy atom. The number of nitrogens with zero attached hydrogens (tertiary/aromatic N) is 2. The molecule has 6 nitrogen and oxygen atoms in total. The summed E-state index contributed by atoms with van der Waals surface area (Å²) in [5, 5.41) is 14.2. The zero-order valence-electron chi connectivity index (χ0n) is 12.3. The van der Waals surface area contributed by atoms with E-state index in [0.29, 0.717) is 11.1 Å². The zero-order chi connectivity index (χ0) is 16.0. The Hall–Kier alpha value is -3.02. The van der Waals surface area contributed by atoms with Gasteiger partial charge >= 0.3 is 0 Å². The first-order valence-corrected chi connectivity index (χ1v) is 6.77. The second-order valence-electron chi connectivity index (χ2n) is 5.26. The van der Waals surface area contributed by atoms with Gasteiger partial charge in [0, 0.05) is 11.8 Å². The van der Waals surface area contributed by atoms with Crippen molar-refractivity contribution in [3.63, 3.8) is 0 Å². The molecule has 0 saturated heterocycles. The Morgan fingerprint density at radius 1 is 1.23 bits per heavy atom. The van der Waals surface area contributed by atoms with Gasteiger partial charge in [0.1, 0.15) is 5.75 Å². The van der Waals surface area contributed by atoms with E-state index in [0.717, 1.165) is 16.6 Å². The number of hydrogen-bond donors (Lipinski definition) is 3. The smallest absolute Gasteiger partial charge is 0.252 e. The van der Waals surface area contributed by atoms with Crippen molar-refractivity contribution in [1.29, 1.82) is 0 Å². The molecule has 0 spiro atoms. The van der Waals surface area contributed by atoms with E-state index in [2.05, 4.69) is 5.10 Å². The van der Waals surface area contributed by atoms with E-state index in [1.54, 1.807) is 35.8 Å². The lowest BCUT2D eigenvalue weighted by atomic mass is 9.92. The van der Waals surface area contributed by atoms with Crippen LogP contribution < -0.4 is 11.5 Å². The molecule has 0 aliphatic heterocycles. The van der Waals surface area contributed by atoms with Crippen molar-refractivity contribution >= 4 is 17.1 Å². The number of fused-ring (bicyclic) bond motifs is 1. The van der Waals surface area contributed by atoms with Crippen molar-refractivity contribution in [2.75, 3.05) is 5.73 Å². The van der Waals surface area contributed by atoms with Crippen LogP contribution in [0.3, 0.4) is 0 Å². The Labute approximate surface area is 127 Å². The van der Waals surface area contributed by atoms with Gasteiger partial charge in [0.25, 0.3) is 5.91 Å². The highest BCUT2D eigenvalue weighted by molar-refractivity contribution is 6.05. The highest BCUT2D eigenvalue weighted by Crippen LogP contribution is 2.39. The molecule has 0 aliphatic carbocycles. The predicted octanol–water partition coefficient (Wildman–Crippen LogP) is 2.00. The van der Waals surface area contributed by atoms with Crippen molar-refractivity contribution < 1.29 is 9.90 Å². The molecule has 3 aromatic rings. The molecule has 6 heteroatoms. The van der Waals surface area contributed by atoms with Crippen molar-refractivity contribution in [2.24, 2.45) is 5.73 Å². The summed E-state index contributed by atoms with van der Waals surface area (Å²) in [4.78, 5) is 11.7. The van der Waals surface area contributed by atoms with E-state index in [9.17, 15) is 9.90 Å². The molecule has 0 radical (unpaired) electrons. The average Bonchev–Trinajstić information content (AvgIpc) is 2.92. The van der Waals surface area contributed by atoms with E-state index in [1.807, 2.05) is 6.92 Å². The fourth-order valence-electron chi connectivity index (χ4n) is 2.76. The van der Waals surface area contributed by atoms with Crippen LogP contribution in [0.2, 0.25) is 0 Å². The van der Waals surface area contributed by atoms with Crippen LogP contribution in [0.15, 0.2) is 30.6 Å². The standard InChI is InChI=1S/C16H16N4O2/c1-8-3-4-12(21)9(2)13(8)14-11-5-6-19-20(11)7-10(15(14)17)16(18)22/h3-7,21H,17H2,1-2H3,(H2,18,22). The molecule has 5 N–H and O–H groups in total. The Morgan fingerprint density at radius 3 is 2.64 bits per heavy atom. The van der Waals surface area contributed by atoms with Crippen LogP contribution in [0.5, 0.6) is 5.75 Å². The topological polar surface area (TPSA) is 107 Å². The van der Waals surface area contributed by atoms with Crippen LogP contribution in [-0.4, -0.2) is 20.6 Å². The maximum absolute atomic E-state index is 11.7. The van der Waals surface area contributed by atoms with Crippen molar-refractivity contribution in [2.45, 2.75) is 13.8 Å². The van der Waals surface area contributed by atoms with E-state index < -0.39 is 5.91 Å². The van der Waals surface area contributed by atoms with Crippen molar-refractivity contribution in [1.82, 2.24) is 9.61 Å². The van der Waals surface area contributed by atoms with E-state index in [1.165, 1.54) is 6.20 Å². The molecule has 112 valence electrons. The fraction of sp³-hybridized carbons (Fsp3) is 0.125. The third kappa shape index (κ3) is 1.88. The average molecular weight is 296 g/mol. The van der Waals surface area contributed by atoms with Crippen LogP contribution in [0, 0.1) is 13.8 Å². The number of carbonyl (C=O) groups is 1. The van der Waals surface area contributed by atoms with E-state index in [-0.39, 0.29) is 17.0 Å². The molecule has 2 aromatic heterocycles. The number of pyridine rings is 1. The molecule has 22 heavy (non-hydrogen) atoms. The van der Waals surface area contributed by atoms with Gasteiger partial charge < -0.3 is 16.6 Å². The Bertz CT molecular complexity index is 912. The van der Waals surface area contributed by atoms with Gasteiger partial charge in [-0.3, -0.25) is 4.79 Å². The number of nitrogen functional groups attached to an aromatic ring is 1. The number of primary amides is 1. The Balaban J connectivity index is 2.50. The molecule has 0 fully saturated rings. The SMILES string of the molecule is Cc1ccc(O)c(C)c1-c1c(N)c(C(N)=O)cn2nccc12. The third-order valence-corrected chi connectivity index (χ3v) is 3.90. The second-order valence-corrected chi connectivity index (χ2v) is 5.26. The number of rotatable bonds is 2. The highest BCUT2D eigenvalue weighted by Gasteiger charge is 2.20. The first-order chi connectivity index (χ1) is 10.4. The number of aromatic nitrogens is 2. The minimum Gasteiger partial charge on any atom is -0.508 e. The minimum absolute atomic E-state index is 0.169. The minimum atomic E-state index is -0.619. The lowest BCUT2D eigenvalue weighted by Crippen LogP contribution is -2.16. The molecular formula is C16H16N4O2. The number of hydrogen-bond acceptors (Lipinski definition) is 4. The maximum Gasteiger partial charge on any atom is 0.252 e. The number of phenolic OH excluding ortho intramolecular Hbond substituents is 1. The third-order valence-electron chi connectivity index (χ3n) is 3.90. The number of anilines is 1. The molecular weight excluding hydrogens is 280 g/mol. The normalized spacial score (nSPS) is 11.0. The molecule has 2 heterocycles. The second kappa shape index (κ2) is 4.77. The number of phenols is 1. The van der Waals surface area contributed by atoms with Gasteiger partial charge in [-0.2, -0.15) is 5.10 Å². The fourth-order valence-corrected chi connectivity index (χ4v) is 2.76. The molecule has 0 aliphatic rings. The van der Waals surface area contributed by atoms with Crippen LogP contribution in [0.4, 0.5) is 5.69 Å². The van der Waals surface area contributed by atoms with Crippen LogP contribution in [-0.2, 0) is 0 Å². The summed E-state index contributed by atoms with van der Waals surface area (Å²) in [6.45, 7) is 3.73. The summed E-state index contributed by atoms with van der Waals surface area (Å²) >= 11 is 0. The summed E-state index contributed by atoms with van der Waals surface area (Å²) in [7, 11) is 0. The molecule has 3 rings (SSSR count). The van der Waals surface area contributed by atoms with Gasteiger partial charge in [0.15, 0.2) is 0 Å². The number of amides is 1. The summed E-state index contributed by atoms with van der Waals surface area (Å²) in [5.74, 6) is -0.450. The van der Waals surface area contributed by atoms with Gasteiger partial charge in [-0.1, -0.05) is 6.07 Å². The molecule has 0 bridgehead atoms. The number of benzene rings is 1.